The molecule has 0 spiro atoms. The van der Waals surface area contributed by atoms with Gasteiger partial charge in [-0.3, -0.25) is 0 Å². The maximum absolute atomic E-state index is 11.4. The first-order chi connectivity index (χ1) is 8.27. The summed E-state index contributed by atoms with van der Waals surface area (Å²) >= 11 is 0. The maximum atomic E-state index is 11.4. The zero-order chi connectivity index (χ0) is 12.5. The van der Waals surface area contributed by atoms with E-state index in [-0.39, 0.29) is 5.97 Å². The largest absolute Gasteiger partial charge is 0.462 e. The van der Waals surface area contributed by atoms with Crippen LogP contribution >= 0.6 is 0 Å². The van der Waals surface area contributed by atoms with E-state index in [9.17, 15) is 4.79 Å². The highest BCUT2D eigenvalue weighted by molar-refractivity contribution is 5.89. The number of likely N-dealkylation sites (N-methyl/N-ethyl adjacent to an activating group) is 1. The summed E-state index contributed by atoms with van der Waals surface area (Å²) in [4.78, 5) is 15.5. The number of anilines is 1. The highest BCUT2D eigenvalue weighted by Gasteiger charge is 2.05. The SMILES string of the molecule is CCNCCNc1ccc(C(=O)OCC)cn1. The molecule has 0 radical (unpaired) electrons. The van der Waals surface area contributed by atoms with E-state index in [4.69, 9.17) is 4.74 Å². The number of aromatic nitrogens is 1. The van der Waals surface area contributed by atoms with Crippen molar-refractivity contribution in [3.8, 4) is 0 Å². The van der Waals surface area contributed by atoms with Crippen LogP contribution in [0.25, 0.3) is 0 Å². The first-order valence-electron chi connectivity index (χ1n) is 5.85. The highest BCUT2D eigenvalue weighted by Crippen LogP contribution is 2.05. The van der Waals surface area contributed by atoms with Crippen LogP contribution in [0.1, 0.15) is 24.2 Å². The second-order valence-corrected chi connectivity index (χ2v) is 3.43. The molecular weight excluding hydrogens is 218 g/mol. The average molecular weight is 237 g/mol. The van der Waals surface area contributed by atoms with Crippen molar-refractivity contribution in [2.24, 2.45) is 0 Å². The van der Waals surface area contributed by atoms with Crippen molar-refractivity contribution >= 4 is 11.8 Å². The first-order valence-corrected chi connectivity index (χ1v) is 5.85. The monoisotopic (exact) mass is 237 g/mol. The molecule has 1 aromatic rings. The Morgan fingerprint density at radius 3 is 2.76 bits per heavy atom. The lowest BCUT2D eigenvalue weighted by molar-refractivity contribution is 0.0526. The molecule has 5 nitrogen and oxygen atoms in total. The summed E-state index contributed by atoms with van der Waals surface area (Å²) < 4.78 is 4.87. The van der Waals surface area contributed by atoms with Crippen molar-refractivity contribution in [1.29, 1.82) is 0 Å². The molecule has 0 fully saturated rings. The van der Waals surface area contributed by atoms with Gasteiger partial charge in [0, 0.05) is 19.3 Å². The summed E-state index contributed by atoms with van der Waals surface area (Å²) in [7, 11) is 0. The third kappa shape index (κ3) is 4.82. The summed E-state index contributed by atoms with van der Waals surface area (Å²) in [5.74, 6) is 0.426. The van der Waals surface area contributed by atoms with Crippen molar-refractivity contribution in [1.82, 2.24) is 10.3 Å². The summed E-state index contributed by atoms with van der Waals surface area (Å²) in [6.45, 7) is 6.87. The molecule has 0 bridgehead atoms. The van der Waals surface area contributed by atoms with Gasteiger partial charge < -0.3 is 15.4 Å². The Morgan fingerprint density at radius 1 is 1.35 bits per heavy atom. The van der Waals surface area contributed by atoms with E-state index >= 15 is 0 Å². The standard InChI is InChI=1S/C12H19N3O2/c1-3-13-7-8-14-11-6-5-10(9-15-11)12(16)17-4-2/h5-6,9,13H,3-4,7-8H2,1-2H3,(H,14,15). The molecule has 5 heteroatoms. The molecule has 0 aliphatic rings. The molecule has 0 unspecified atom stereocenters. The Hall–Kier alpha value is -1.62. The molecule has 0 aliphatic carbocycles. The fourth-order valence-electron chi connectivity index (χ4n) is 1.29. The van der Waals surface area contributed by atoms with Crippen molar-refractivity contribution < 1.29 is 9.53 Å². The van der Waals surface area contributed by atoms with Crippen LogP contribution in [0.3, 0.4) is 0 Å². The third-order valence-electron chi connectivity index (χ3n) is 2.13. The summed E-state index contributed by atoms with van der Waals surface area (Å²) in [5.41, 5.74) is 0.476. The number of hydrogen-bond acceptors (Lipinski definition) is 5. The number of nitrogens with one attached hydrogen (secondary N) is 2. The van der Waals surface area contributed by atoms with Crippen LogP contribution in [0.15, 0.2) is 18.3 Å². The van der Waals surface area contributed by atoms with E-state index in [0.717, 1.165) is 25.5 Å². The van der Waals surface area contributed by atoms with Crippen molar-refractivity contribution in [2.45, 2.75) is 13.8 Å². The van der Waals surface area contributed by atoms with E-state index in [1.807, 2.05) is 0 Å². The molecular formula is C12H19N3O2. The normalized spacial score (nSPS) is 10.0. The minimum atomic E-state index is -0.334. The lowest BCUT2D eigenvalue weighted by Crippen LogP contribution is -2.21. The van der Waals surface area contributed by atoms with Crippen LogP contribution in [0, 0.1) is 0 Å². The van der Waals surface area contributed by atoms with Gasteiger partial charge in [-0.1, -0.05) is 6.92 Å². The molecule has 0 saturated carbocycles. The smallest absolute Gasteiger partial charge is 0.339 e. The van der Waals surface area contributed by atoms with E-state index in [1.165, 1.54) is 6.20 Å². The Kier molecular flexibility index (Phi) is 6.03. The Balaban J connectivity index is 2.42. The third-order valence-corrected chi connectivity index (χ3v) is 2.13. The lowest BCUT2D eigenvalue weighted by Gasteiger charge is -2.06. The van der Waals surface area contributed by atoms with E-state index < -0.39 is 0 Å². The molecule has 1 heterocycles. The number of pyridine rings is 1. The molecule has 0 amide bonds. The number of hydrogen-bond donors (Lipinski definition) is 2. The van der Waals surface area contributed by atoms with Crippen LogP contribution < -0.4 is 10.6 Å². The number of carbonyl (C=O) groups is 1. The van der Waals surface area contributed by atoms with Gasteiger partial charge in [0.2, 0.25) is 0 Å². The predicted octanol–water partition coefficient (Wildman–Crippen LogP) is 1.28. The Labute approximate surface area is 102 Å². The molecule has 0 aliphatic heterocycles. The summed E-state index contributed by atoms with van der Waals surface area (Å²) in [6.07, 6.45) is 1.52. The van der Waals surface area contributed by atoms with Gasteiger partial charge >= 0.3 is 5.97 Å². The molecule has 0 saturated heterocycles. The van der Waals surface area contributed by atoms with Crippen molar-refractivity contribution in [3.63, 3.8) is 0 Å². The van der Waals surface area contributed by atoms with Gasteiger partial charge in [0.1, 0.15) is 5.82 Å². The molecule has 94 valence electrons. The van der Waals surface area contributed by atoms with Crippen molar-refractivity contribution in [2.75, 3.05) is 31.6 Å². The zero-order valence-corrected chi connectivity index (χ0v) is 10.3. The number of carbonyl (C=O) groups excluding carboxylic acids is 1. The Morgan fingerprint density at radius 2 is 2.18 bits per heavy atom. The summed E-state index contributed by atoms with van der Waals surface area (Å²) in [5, 5.41) is 6.35. The van der Waals surface area contributed by atoms with E-state index in [0.29, 0.717) is 12.2 Å². The second-order valence-electron chi connectivity index (χ2n) is 3.43. The van der Waals surface area contributed by atoms with Gasteiger partial charge in [0.25, 0.3) is 0 Å². The quantitative estimate of drug-likeness (QED) is 0.552. The molecule has 1 aromatic heterocycles. The van der Waals surface area contributed by atoms with E-state index in [1.54, 1.807) is 19.1 Å². The number of ether oxygens (including phenoxy) is 1. The maximum Gasteiger partial charge on any atom is 0.339 e. The molecule has 17 heavy (non-hydrogen) atoms. The van der Waals surface area contributed by atoms with Crippen LogP contribution in [0.5, 0.6) is 0 Å². The lowest BCUT2D eigenvalue weighted by atomic mass is 10.3. The van der Waals surface area contributed by atoms with Crippen LogP contribution in [0.4, 0.5) is 5.82 Å². The van der Waals surface area contributed by atoms with Gasteiger partial charge in [-0.25, -0.2) is 9.78 Å². The fraction of sp³-hybridized carbons (Fsp3) is 0.500. The molecule has 2 N–H and O–H groups in total. The van der Waals surface area contributed by atoms with Crippen LogP contribution in [0.2, 0.25) is 0 Å². The minimum Gasteiger partial charge on any atom is -0.462 e. The van der Waals surface area contributed by atoms with Crippen molar-refractivity contribution in [3.05, 3.63) is 23.9 Å². The van der Waals surface area contributed by atoms with Crippen LogP contribution in [-0.2, 0) is 4.74 Å². The Bertz CT molecular complexity index is 338. The topological polar surface area (TPSA) is 63.2 Å². The minimum absolute atomic E-state index is 0.334. The number of rotatable bonds is 7. The highest BCUT2D eigenvalue weighted by atomic mass is 16.5. The zero-order valence-electron chi connectivity index (χ0n) is 10.3. The molecule has 0 atom stereocenters. The number of nitrogens with zero attached hydrogens (tertiary/aromatic N) is 1. The van der Waals surface area contributed by atoms with E-state index in [2.05, 4.69) is 22.5 Å². The molecule has 0 aromatic carbocycles. The van der Waals surface area contributed by atoms with Gasteiger partial charge in [-0.05, 0) is 25.6 Å². The van der Waals surface area contributed by atoms with Gasteiger partial charge in [0.05, 0.1) is 12.2 Å². The second kappa shape index (κ2) is 7.62. The van der Waals surface area contributed by atoms with Gasteiger partial charge in [-0.15, -0.1) is 0 Å². The average Bonchev–Trinajstić information content (AvgIpc) is 2.36. The van der Waals surface area contributed by atoms with Gasteiger partial charge in [-0.2, -0.15) is 0 Å². The fourth-order valence-corrected chi connectivity index (χ4v) is 1.29. The summed E-state index contributed by atoms with van der Waals surface area (Å²) in [6, 6.07) is 3.48. The van der Waals surface area contributed by atoms with Crippen LogP contribution in [-0.4, -0.2) is 37.2 Å². The molecule has 1 rings (SSSR count). The first kappa shape index (κ1) is 13.4. The predicted molar refractivity (Wildman–Crippen MR) is 67.2 cm³/mol. The van der Waals surface area contributed by atoms with Gasteiger partial charge in [0.15, 0.2) is 0 Å². The number of esters is 1.